The highest BCUT2D eigenvalue weighted by Crippen LogP contribution is 2.17. The standard InChI is InChI=1S/C17H18ClNO/c1-13-6-8-14(9-7-13)10-11-17(20)19-16-5-3-2-4-15(16)12-18/h2-9H,10-12H2,1H3,(H,19,20). The number of alkyl halides is 1. The molecule has 0 saturated carbocycles. The number of hydrogen-bond donors (Lipinski definition) is 1. The third-order valence-electron chi connectivity index (χ3n) is 3.20. The largest absolute Gasteiger partial charge is 0.326 e. The fourth-order valence-electron chi connectivity index (χ4n) is 1.98. The fraction of sp³-hybridized carbons (Fsp3) is 0.235. The van der Waals surface area contributed by atoms with E-state index >= 15 is 0 Å². The SMILES string of the molecule is Cc1ccc(CCC(=O)Nc2ccccc2CCl)cc1. The summed E-state index contributed by atoms with van der Waals surface area (Å²) in [6.45, 7) is 2.06. The lowest BCUT2D eigenvalue weighted by atomic mass is 10.1. The van der Waals surface area contributed by atoms with E-state index in [-0.39, 0.29) is 5.91 Å². The van der Waals surface area contributed by atoms with Gasteiger partial charge in [0.2, 0.25) is 5.91 Å². The molecule has 104 valence electrons. The van der Waals surface area contributed by atoms with Crippen molar-refractivity contribution in [2.45, 2.75) is 25.6 Å². The maximum Gasteiger partial charge on any atom is 0.224 e. The molecule has 1 amide bonds. The zero-order chi connectivity index (χ0) is 14.4. The van der Waals surface area contributed by atoms with E-state index in [1.165, 1.54) is 11.1 Å². The molecule has 2 aromatic carbocycles. The number of para-hydroxylation sites is 1. The van der Waals surface area contributed by atoms with E-state index in [9.17, 15) is 4.79 Å². The molecule has 0 aromatic heterocycles. The molecule has 3 heteroatoms. The maximum atomic E-state index is 12.0. The van der Waals surface area contributed by atoms with Gasteiger partial charge in [-0.25, -0.2) is 0 Å². The summed E-state index contributed by atoms with van der Waals surface area (Å²) in [7, 11) is 0. The Bertz CT molecular complexity index is 578. The van der Waals surface area contributed by atoms with Crippen LogP contribution in [0.3, 0.4) is 0 Å². The molecule has 0 bridgehead atoms. The van der Waals surface area contributed by atoms with E-state index in [1.54, 1.807) is 0 Å². The van der Waals surface area contributed by atoms with Crippen molar-refractivity contribution in [2.24, 2.45) is 0 Å². The van der Waals surface area contributed by atoms with Crippen molar-refractivity contribution in [2.75, 3.05) is 5.32 Å². The Kier molecular flexibility index (Phi) is 5.19. The third kappa shape index (κ3) is 4.10. The van der Waals surface area contributed by atoms with Gasteiger partial charge >= 0.3 is 0 Å². The predicted molar refractivity (Wildman–Crippen MR) is 84.1 cm³/mol. The summed E-state index contributed by atoms with van der Waals surface area (Å²) in [5.74, 6) is 0.414. The molecule has 0 atom stereocenters. The Morgan fingerprint density at radius 2 is 1.80 bits per heavy atom. The van der Waals surface area contributed by atoms with Crippen molar-refractivity contribution in [3.8, 4) is 0 Å². The molecule has 2 rings (SSSR count). The number of amides is 1. The van der Waals surface area contributed by atoms with Gasteiger partial charge in [0, 0.05) is 18.0 Å². The topological polar surface area (TPSA) is 29.1 Å². The summed E-state index contributed by atoms with van der Waals surface area (Å²) >= 11 is 5.85. The Morgan fingerprint density at radius 3 is 2.50 bits per heavy atom. The number of halogens is 1. The minimum absolute atomic E-state index is 0.0168. The third-order valence-corrected chi connectivity index (χ3v) is 3.48. The zero-order valence-corrected chi connectivity index (χ0v) is 12.3. The van der Waals surface area contributed by atoms with Gasteiger partial charge in [-0.3, -0.25) is 4.79 Å². The normalized spacial score (nSPS) is 10.3. The van der Waals surface area contributed by atoms with Crippen molar-refractivity contribution >= 4 is 23.2 Å². The Labute approximate surface area is 124 Å². The highest BCUT2D eigenvalue weighted by molar-refractivity contribution is 6.17. The Hall–Kier alpha value is -1.80. The Morgan fingerprint density at radius 1 is 1.10 bits per heavy atom. The predicted octanol–water partition coefficient (Wildman–Crippen LogP) is 4.31. The first-order valence-electron chi connectivity index (χ1n) is 6.68. The fourth-order valence-corrected chi connectivity index (χ4v) is 2.22. The smallest absolute Gasteiger partial charge is 0.224 e. The van der Waals surface area contributed by atoms with Crippen LogP contribution in [0, 0.1) is 6.92 Å². The van der Waals surface area contributed by atoms with Crippen molar-refractivity contribution in [1.82, 2.24) is 0 Å². The molecule has 2 aromatic rings. The van der Waals surface area contributed by atoms with Gasteiger partial charge < -0.3 is 5.32 Å². The minimum Gasteiger partial charge on any atom is -0.326 e. The second-order valence-electron chi connectivity index (χ2n) is 4.82. The first-order valence-corrected chi connectivity index (χ1v) is 7.22. The van der Waals surface area contributed by atoms with Crippen LogP contribution in [0.5, 0.6) is 0 Å². The first kappa shape index (κ1) is 14.6. The van der Waals surface area contributed by atoms with Crippen LogP contribution < -0.4 is 5.32 Å². The summed E-state index contributed by atoms with van der Waals surface area (Å²) < 4.78 is 0. The van der Waals surface area contributed by atoms with E-state index in [2.05, 4.69) is 36.5 Å². The van der Waals surface area contributed by atoms with Gasteiger partial charge in [-0.2, -0.15) is 0 Å². The monoisotopic (exact) mass is 287 g/mol. The number of carbonyl (C=O) groups is 1. The van der Waals surface area contributed by atoms with E-state index in [4.69, 9.17) is 11.6 Å². The number of carbonyl (C=O) groups excluding carboxylic acids is 1. The van der Waals surface area contributed by atoms with Gasteiger partial charge in [-0.1, -0.05) is 48.0 Å². The molecule has 1 N–H and O–H groups in total. The molecule has 0 aliphatic rings. The number of aryl methyl sites for hydroxylation is 2. The molecule has 0 aliphatic heterocycles. The molecule has 0 fully saturated rings. The van der Waals surface area contributed by atoms with Crippen LogP contribution in [0.15, 0.2) is 48.5 Å². The number of hydrogen-bond acceptors (Lipinski definition) is 1. The number of nitrogens with one attached hydrogen (secondary N) is 1. The average molecular weight is 288 g/mol. The summed E-state index contributed by atoms with van der Waals surface area (Å²) in [6.07, 6.45) is 1.22. The molecule has 2 nitrogen and oxygen atoms in total. The van der Waals surface area contributed by atoms with Crippen LogP contribution in [-0.4, -0.2) is 5.91 Å². The van der Waals surface area contributed by atoms with Crippen LogP contribution in [0.25, 0.3) is 0 Å². The van der Waals surface area contributed by atoms with Gasteiger partial charge in [0.05, 0.1) is 0 Å². The van der Waals surface area contributed by atoms with Gasteiger partial charge in [0.1, 0.15) is 0 Å². The zero-order valence-electron chi connectivity index (χ0n) is 11.5. The summed E-state index contributed by atoms with van der Waals surface area (Å²) in [5.41, 5.74) is 4.15. The highest BCUT2D eigenvalue weighted by Gasteiger charge is 2.06. The van der Waals surface area contributed by atoms with Crippen molar-refractivity contribution < 1.29 is 4.79 Å². The van der Waals surface area contributed by atoms with E-state index in [0.29, 0.717) is 12.3 Å². The lowest BCUT2D eigenvalue weighted by molar-refractivity contribution is -0.116. The van der Waals surface area contributed by atoms with E-state index in [1.807, 2.05) is 24.3 Å². The minimum atomic E-state index is 0.0168. The lowest BCUT2D eigenvalue weighted by Crippen LogP contribution is -2.13. The number of rotatable bonds is 5. The molecule has 0 unspecified atom stereocenters. The molecule has 0 heterocycles. The first-order chi connectivity index (χ1) is 9.69. The molecule has 0 radical (unpaired) electrons. The van der Waals surface area contributed by atoms with Crippen molar-refractivity contribution in [1.29, 1.82) is 0 Å². The van der Waals surface area contributed by atoms with Crippen LogP contribution in [-0.2, 0) is 17.1 Å². The van der Waals surface area contributed by atoms with Crippen LogP contribution >= 0.6 is 11.6 Å². The lowest BCUT2D eigenvalue weighted by Gasteiger charge is -2.09. The summed E-state index contributed by atoms with van der Waals surface area (Å²) in [6, 6.07) is 15.9. The number of anilines is 1. The average Bonchev–Trinajstić information content (AvgIpc) is 2.47. The van der Waals surface area contributed by atoms with Gasteiger partial charge in [-0.05, 0) is 30.5 Å². The van der Waals surface area contributed by atoms with Crippen LogP contribution in [0.1, 0.15) is 23.1 Å². The van der Waals surface area contributed by atoms with E-state index in [0.717, 1.165) is 17.7 Å². The van der Waals surface area contributed by atoms with Gasteiger partial charge in [0.15, 0.2) is 0 Å². The molecular formula is C17H18ClNO. The molecule has 0 spiro atoms. The molecule has 0 saturated heterocycles. The second kappa shape index (κ2) is 7.11. The summed E-state index contributed by atoms with van der Waals surface area (Å²) in [4.78, 5) is 12.0. The highest BCUT2D eigenvalue weighted by atomic mass is 35.5. The molecular weight excluding hydrogens is 270 g/mol. The number of benzene rings is 2. The Balaban J connectivity index is 1.91. The van der Waals surface area contributed by atoms with Gasteiger partial charge in [-0.15, -0.1) is 11.6 Å². The summed E-state index contributed by atoms with van der Waals surface area (Å²) in [5, 5.41) is 2.92. The van der Waals surface area contributed by atoms with Crippen LogP contribution in [0.4, 0.5) is 5.69 Å². The molecule has 20 heavy (non-hydrogen) atoms. The molecule has 0 aliphatic carbocycles. The van der Waals surface area contributed by atoms with Crippen molar-refractivity contribution in [3.05, 3.63) is 65.2 Å². The maximum absolute atomic E-state index is 12.0. The van der Waals surface area contributed by atoms with Crippen molar-refractivity contribution in [3.63, 3.8) is 0 Å². The van der Waals surface area contributed by atoms with Gasteiger partial charge in [0.25, 0.3) is 0 Å². The quantitative estimate of drug-likeness (QED) is 0.816. The van der Waals surface area contributed by atoms with E-state index < -0.39 is 0 Å². The second-order valence-corrected chi connectivity index (χ2v) is 5.09. The van der Waals surface area contributed by atoms with Crippen LogP contribution in [0.2, 0.25) is 0 Å².